The van der Waals surface area contributed by atoms with Crippen molar-refractivity contribution in [3.8, 4) is 0 Å². The van der Waals surface area contributed by atoms with E-state index in [1.165, 1.54) is 20.8 Å². The molecule has 1 fully saturated rings. The largest absolute Gasteiger partial charge is 0.481 e. The van der Waals surface area contributed by atoms with Gasteiger partial charge in [0.25, 0.3) is 0 Å². The Morgan fingerprint density at radius 3 is 1.72 bits per heavy atom. The van der Waals surface area contributed by atoms with Crippen LogP contribution in [0.3, 0.4) is 0 Å². The average Bonchev–Trinajstić information content (AvgIpc) is 3.02. The molecule has 1 heterocycles. The van der Waals surface area contributed by atoms with Crippen LogP contribution in [0.25, 0.3) is 0 Å². The van der Waals surface area contributed by atoms with E-state index in [-0.39, 0.29) is 0 Å². The zero-order chi connectivity index (χ0) is 38.5. The summed E-state index contributed by atoms with van der Waals surface area (Å²) in [6, 6.07) is -7.83. The maximum atomic E-state index is 13.2. The number of aliphatic carboxylic acids is 3. The highest BCUT2D eigenvalue weighted by Gasteiger charge is 2.43. The highest BCUT2D eigenvalue weighted by molar-refractivity contribution is 5.97. The van der Waals surface area contributed by atoms with Gasteiger partial charge in [-0.2, -0.15) is 0 Å². The molecule has 0 aliphatic carbocycles. The molecule has 5 amide bonds. The highest BCUT2D eigenvalue weighted by atomic mass is 16.5. The van der Waals surface area contributed by atoms with E-state index < -0.39 is 153 Å². The monoisotopic (exact) mass is 722 g/mol. The van der Waals surface area contributed by atoms with Gasteiger partial charge in [-0.3, -0.25) is 38.4 Å². The molecule has 0 aromatic carbocycles. The number of hydrogen-bond acceptors (Lipinski definition) is 14. The lowest BCUT2D eigenvalue weighted by molar-refractivity contribution is -0.227. The number of carboxylic acid groups (broad SMARTS) is 3. The molecule has 22 heteroatoms. The van der Waals surface area contributed by atoms with Crippen molar-refractivity contribution in [1.29, 1.82) is 0 Å². The van der Waals surface area contributed by atoms with Gasteiger partial charge in [-0.1, -0.05) is 13.8 Å². The maximum absolute atomic E-state index is 13.2. The molecule has 1 saturated heterocycles. The first-order valence-electron chi connectivity index (χ1n) is 15.4. The van der Waals surface area contributed by atoms with E-state index in [2.05, 4.69) is 26.6 Å². The van der Waals surface area contributed by atoms with E-state index >= 15 is 0 Å². The summed E-state index contributed by atoms with van der Waals surface area (Å²) in [6.45, 7) is 2.99. The fourth-order valence-electron chi connectivity index (χ4n) is 4.61. The Labute approximate surface area is 285 Å². The first-order chi connectivity index (χ1) is 23.2. The molecule has 0 aromatic rings. The van der Waals surface area contributed by atoms with Crippen LogP contribution in [-0.4, -0.2) is 157 Å². The van der Waals surface area contributed by atoms with Crippen LogP contribution in [-0.2, 0) is 43.1 Å². The van der Waals surface area contributed by atoms with Gasteiger partial charge in [0.15, 0.2) is 0 Å². The van der Waals surface area contributed by atoms with Gasteiger partial charge < -0.3 is 72.8 Å². The van der Waals surface area contributed by atoms with E-state index in [0.717, 1.165) is 0 Å². The summed E-state index contributed by atoms with van der Waals surface area (Å²) in [6.07, 6.45) is -10.4. The molecule has 284 valence electrons. The summed E-state index contributed by atoms with van der Waals surface area (Å²) in [5.41, 5.74) is 5.52. The van der Waals surface area contributed by atoms with Crippen LogP contribution in [0.1, 0.15) is 46.5 Å². The molecule has 1 rings (SSSR count). The summed E-state index contributed by atoms with van der Waals surface area (Å²) in [5.74, 6) is -10.3. The fourth-order valence-corrected chi connectivity index (χ4v) is 4.61. The lowest BCUT2D eigenvalue weighted by Gasteiger charge is -2.40. The normalized spacial score (nSPS) is 23.3. The van der Waals surface area contributed by atoms with Crippen molar-refractivity contribution in [2.24, 2.45) is 11.7 Å². The maximum Gasteiger partial charge on any atom is 0.305 e. The number of aliphatic hydroxyl groups is 4. The van der Waals surface area contributed by atoms with Gasteiger partial charge in [0.2, 0.25) is 29.5 Å². The number of hydrogen-bond donors (Lipinski definition) is 13. The van der Waals surface area contributed by atoms with Crippen molar-refractivity contribution in [2.75, 3.05) is 13.2 Å². The summed E-state index contributed by atoms with van der Waals surface area (Å²) < 4.78 is 5.29. The van der Waals surface area contributed by atoms with Crippen molar-refractivity contribution in [2.45, 2.75) is 107 Å². The van der Waals surface area contributed by atoms with Crippen LogP contribution in [0.2, 0.25) is 0 Å². The van der Waals surface area contributed by atoms with Crippen LogP contribution in [0, 0.1) is 5.92 Å². The van der Waals surface area contributed by atoms with Crippen molar-refractivity contribution in [1.82, 2.24) is 26.6 Å². The minimum atomic E-state index is -1.80. The predicted octanol–water partition coefficient (Wildman–Crippen LogP) is -6.30. The molecule has 2 unspecified atom stereocenters. The lowest BCUT2D eigenvalue weighted by Crippen LogP contribution is -2.62. The van der Waals surface area contributed by atoms with Crippen LogP contribution in [0.15, 0.2) is 0 Å². The van der Waals surface area contributed by atoms with Gasteiger partial charge in [0.05, 0.1) is 25.5 Å². The number of carbonyl (C=O) groups is 8. The van der Waals surface area contributed by atoms with Crippen molar-refractivity contribution >= 4 is 47.4 Å². The van der Waals surface area contributed by atoms with Gasteiger partial charge in [0.1, 0.15) is 54.7 Å². The Morgan fingerprint density at radius 1 is 0.660 bits per heavy atom. The quantitative estimate of drug-likeness (QED) is 0.0555. The Kier molecular flexibility index (Phi) is 17.6. The van der Waals surface area contributed by atoms with E-state index in [1.807, 2.05) is 0 Å². The van der Waals surface area contributed by atoms with E-state index in [9.17, 15) is 63.9 Å². The second-order valence-corrected chi connectivity index (χ2v) is 11.9. The van der Waals surface area contributed by atoms with Crippen LogP contribution < -0.4 is 32.3 Å². The molecule has 10 atom stereocenters. The van der Waals surface area contributed by atoms with E-state index in [1.54, 1.807) is 0 Å². The number of carboxylic acids is 3. The highest BCUT2D eigenvalue weighted by Crippen LogP contribution is 2.20. The van der Waals surface area contributed by atoms with E-state index in [0.29, 0.717) is 0 Å². The van der Waals surface area contributed by atoms with Crippen LogP contribution in [0.5, 0.6) is 0 Å². The fraction of sp³-hybridized carbons (Fsp3) is 0.714. The number of nitrogens with one attached hydrogen (secondary N) is 5. The number of aliphatic hydroxyl groups excluding tert-OH is 4. The third-order valence-electron chi connectivity index (χ3n) is 7.49. The standard InChI is InChI=1S/C28H46N6O16/c1-10(2)20(34-26(47)13(4-5-17(36)37)32-25(46)12(29)6-18(38)39)28(49)33-14(7-19(40)41)27(48)31-11(3)24(45)30-8-15-21(42)23(44)22(43)16(9-35)50-15/h10-16,20-23,35,42-44H,4-9,29H2,1-3H3,(H,30,45)(H,31,48)(H,32,46)(H,33,49)(H,34,47)(H,36,37)(H,38,39)(H,40,41)/t11-,12-,13-,14-,15-,16+,20-,21-,22?,23?/m0/s1. The topological polar surface area (TPSA) is 374 Å². The minimum Gasteiger partial charge on any atom is -0.481 e. The molecule has 50 heavy (non-hydrogen) atoms. The van der Waals surface area contributed by atoms with Crippen molar-refractivity contribution in [3.63, 3.8) is 0 Å². The summed E-state index contributed by atoms with van der Waals surface area (Å²) in [4.78, 5) is 97.9. The Morgan fingerprint density at radius 2 is 1.20 bits per heavy atom. The summed E-state index contributed by atoms with van der Waals surface area (Å²) in [7, 11) is 0. The van der Waals surface area contributed by atoms with Gasteiger partial charge in [-0.25, -0.2) is 0 Å². The second-order valence-electron chi connectivity index (χ2n) is 11.9. The summed E-state index contributed by atoms with van der Waals surface area (Å²) in [5, 5.41) is 77.7. The lowest BCUT2D eigenvalue weighted by atomic mass is 9.95. The second kappa shape index (κ2) is 20.3. The van der Waals surface area contributed by atoms with Gasteiger partial charge >= 0.3 is 17.9 Å². The molecule has 0 bridgehead atoms. The Hall–Kier alpha value is -4.48. The third-order valence-corrected chi connectivity index (χ3v) is 7.49. The third kappa shape index (κ3) is 13.8. The molecule has 1 aliphatic rings. The number of nitrogens with two attached hydrogens (primary N) is 1. The molecule has 0 spiro atoms. The number of carbonyl (C=O) groups excluding carboxylic acids is 5. The van der Waals surface area contributed by atoms with Crippen molar-refractivity contribution in [3.05, 3.63) is 0 Å². The zero-order valence-corrected chi connectivity index (χ0v) is 27.5. The molecule has 14 N–H and O–H groups in total. The Balaban J connectivity index is 3.00. The summed E-state index contributed by atoms with van der Waals surface area (Å²) >= 11 is 0. The molecule has 0 radical (unpaired) electrons. The van der Waals surface area contributed by atoms with Crippen molar-refractivity contribution < 1.29 is 78.8 Å². The van der Waals surface area contributed by atoms with Gasteiger partial charge in [-0.15, -0.1) is 0 Å². The van der Waals surface area contributed by atoms with Gasteiger partial charge in [0, 0.05) is 13.0 Å². The minimum absolute atomic E-state index is 0.440. The average molecular weight is 723 g/mol. The SMILES string of the molecule is CC(C)[C@H](NC(=O)[C@H](CCC(=O)O)NC(=O)[C@@H](N)CC(=O)O)C(=O)N[C@@H](CC(=O)O)C(=O)N[C@@H](C)C(=O)NC[C@@H]1O[C@H](CO)C(O)C(O)[C@H]1O. The first-order valence-corrected chi connectivity index (χ1v) is 15.4. The molecular formula is C28H46N6O16. The van der Waals surface area contributed by atoms with E-state index in [4.69, 9.17) is 20.7 Å². The number of amides is 5. The molecule has 22 nitrogen and oxygen atoms in total. The smallest absolute Gasteiger partial charge is 0.305 e. The predicted molar refractivity (Wildman–Crippen MR) is 164 cm³/mol. The first kappa shape index (κ1) is 43.5. The number of rotatable bonds is 20. The number of ether oxygens (including phenoxy) is 1. The Bertz CT molecular complexity index is 1250. The zero-order valence-electron chi connectivity index (χ0n) is 27.5. The molecule has 0 saturated carbocycles. The molecular weight excluding hydrogens is 676 g/mol. The van der Waals surface area contributed by atoms with Gasteiger partial charge in [-0.05, 0) is 19.3 Å². The van der Waals surface area contributed by atoms with Crippen LogP contribution >= 0.6 is 0 Å². The molecule has 0 aromatic heterocycles. The molecule has 1 aliphatic heterocycles. The van der Waals surface area contributed by atoms with Crippen LogP contribution in [0.4, 0.5) is 0 Å².